The quantitative estimate of drug-likeness (QED) is 0.671. The first-order chi connectivity index (χ1) is 16.6. The zero-order chi connectivity index (χ0) is 25.0. The van der Waals surface area contributed by atoms with E-state index in [1.165, 1.54) is 0 Å². The predicted octanol–water partition coefficient (Wildman–Crippen LogP) is 3.27. The van der Waals surface area contributed by atoms with Crippen LogP contribution in [0.4, 0.5) is 0 Å². The van der Waals surface area contributed by atoms with E-state index in [9.17, 15) is 14.7 Å². The second-order valence-electron chi connectivity index (χ2n) is 10.4. The number of amidine groups is 1. The summed E-state index contributed by atoms with van der Waals surface area (Å²) in [6.07, 6.45) is 1.54. The summed E-state index contributed by atoms with van der Waals surface area (Å²) in [5.41, 5.74) is -0.677. The summed E-state index contributed by atoms with van der Waals surface area (Å²) < 4.78 is 6.30. The standard InChI is InChI=1S/C23H27ClN6O5/c1-22(2,3)19(21(32)33)30-26-20(25-28-30)16-11-17(27-35-16)29-9-7-23(8-10-29)12-14(31)18-13(24)5-4-6-15(18)34-23/h4-6,16,19H,7-12H2,1-3H3,(H,32,33). The van der Waals surface area contributed by atoms with Crippen molar-refractivity contribution in [2.24, 2.45) is 10.6 Å². The molecule has 1 fully saturated rings. The van der Waals surface area contributed by atoms with E-state index in [-0.39, 0.29) is 5.78 Å². The lowest BCUT2D eigenvalue weighted by atomic mass is 9.82. The Morgan fingerprint density at radius 2 is 2.03 bits per heavy atom. The number of benzene rings is 1. The van der Waals surface area contributed by atoms with E-state index in [1.807, 2.05) is 20.8 Å². The van der Waals surface area contributed by atoms with Gasteiger partial charge in [0.2, 0.25) is 5.82 Å². The number of likely N-dealkylation sites (tertiary alicyclic amines) is 1. The van der Waals surface area contributed by atoms with E-state index >= 15 is 0 Å². The van der Waals surface area contributed by atoms with Crippen molar-refractivity contribution in [3.05, 3.63) is 34.6 Å². The fourth-order valence-electron chi connectivity index (χ4n) is 4.94. The minimum absolute atomic E-state index is 0.0102. The molecule has 35 heavy (non-hydrogen) atoms. The molecular formula is C23H27ClN6O5. The largest absolute Gasteiger partial charge is 0.486 e. The van der Waals surface area contributed by atoms with Crippen LogP contribution in [0.2, 0.25) is 5.02 Å². The molecule has 1 N–H and O–H groups in total. The summed E-state index contributed by atoms with van der Waals surface area (Å²) in [4.78, 5) is 33.4. The highest BCUT2D eigenvalue weighted by Gasteiger charge is 2.45. The fraction of sp³-hybridized carbons (Fsp3) is 0.565. The van der Waals surface area contributed by atoms with E-state index < -0.39 is 29.1 Å². The van der Waals surface area contributed by atoms with Crippen molar-refractivity contribution in [3.8, 4) is 5.75 Å². The Balaban J connectivity index is 1.22. The van der Waals surface area contributed by atoms with Crippen LogP contribution in [0.25, 0.3) is 0 Å². The summed E-state index contributed by atoms with van der Waals surface area (Å²) in [6.45, 7) is 6.73. The molecule has 2 unspecified atom stereocenters. The number of rotatable bonds is 3. The molecule has 0 saturated carbocycles. The third-order valence-corrected chi connectivity index (χ3v) is 7.09. The number of nitrogens with zero attached hydrogens (tertiary/aromatic N) is 6. The number of hydrogen-bond acceptors (Lipinski definition) is 9. The van der Waals surface area contributed by atoms with Gasteiger partial charge in [-0.25, -0.2) is 4.79 Å². The topological polar surface area (TPSA) is 132 Å². The molecule has 1 aromatic heterocycles. The summed E-state index contributed by atoms with van der Waals surface area (Å²) in [7, 11) is 0. The van der Waals surface area contributed by atoms with Crippen molar-refractivity contribution in [2.45, 2.75) is 64.2 Å². The second kappa shape index (κ2) is 8.47. The number of carboxylic acid groups (broad SMARTS) is 1. The monoisotopic (exact) mass is 502 g/mol. The van der Waals surface area contributed by atoms with E-state index in [0.717, 1.165) is 10.6 Å². The first kappa shape index (κ1) is 23.5. The number of oxime groups is 1. The molecule has 1 saturated heterocycles. The molecule has 4 heterocycles. The van der Waals surface area contributed by atoms with E-state index in [1.54, 1.807) is 18.2 Å². The van der Waals surface area contributed by atoms with Crippen LogP contribution in [0.15, 0.2) is 23.4 Å². The van der Waals surface area contributed by atoms with E-state index in [2.05, 4.69) is 25.5 Å². The molecule has 3 aliphatic rings. The number of aromatic nitrogens is 4. The van der Waals surface area contributed by atoms with Crippen LogP contribution in [-0.4, -0.2) is 66.5 Å². The molecule has 2 aromatic rings. The molecule has 11 nitrogen and oxygen atoms in total. The highest BCUT2D eigenvalue weighted by Crippen LogP contribution is 2.42. The minimum Gasteiger partial charge on any atom is -0.486 e. The minimum atomic E-state index is -1.03. The van der Waals surface area contributed by atoms with Gasteiger partial charge in [0.1, 0.15) is 17.2 Å². The molecule has 0 bridgehead atoms. The Morgan fingerprint density at radius 3 is 2.71 bits per heavy atom. The van der Waals surface area contributed by atoms with Crippen molar-refractivity contribution in [1.29, 1.82) is 0 Å². The number of ketones is 1. The van der Waals surface area contributed by atoms with Gasteiger partial charge in [-0.2, -0.15) is 0 Å². The number of piperidine rings is 1. The molecular weight excluding hydrogens is 476 g/mol. The van der Waals surface area contributed by atoms with Gasteiger partial charge in [0.15, 0.2) is 17.9 Å². The number of Topliss-reactive ketones (excluding diaryl/α,β-unsaturated/α-hetero) is 1. The van der Waals surface area contributed by atoms with Gasteiger partial charge in [-0.3, -0.25) is 4.79 Å². The Hall–Kier alpha value is -3.21. The number of carboxylic acids is 1. The molecule has 186 valence electrons. The lowest BCUT2D eigenvalue weighted by Gasteiger charge is -2.44. The van der Waals surface area contributed by atoms with Crippen LogP contribution < -0.4 is 4.74 Å². The maximum atomic E-state index is 12.8. The van der Waals surface area contributed by atoms with Gasteiger partial charge in [0.25, 0.3) is 0 Å². The zero-order valence-electron chi connectivity index (χ0n) is 19.8. The summed E-state index contributed by atoms with van der Waals surface area (Å²) in [6, 6.07) is 4.33. The summed E-state index contributed by atoms with van der Waals surface area (Å²) in [5, 5.41) is 26.6. The molecule has 3 aliphatic heterocycles. The molecule has 1 spiro atoms. The predicted molar refractivity (Wildman–Crippen MR) is 124 cm³/mol. The smallest absolute Gasteiger partial charge is 0.331 e. The first-order valence-electron chi connectivity index (χ1n) is 11.6. The lowest BCUT2D eigenvalue weighted by molar-refractivity contribution is -0.145. The van der Waals surface area contributed by atoms with Crippen LogP contribution in [0.3, 0.4) is 0 Å². The molecule has 0 aliphatic carbocycles. The van der Waals surface area contributed by atoms with E-state index in [4.69, 9.17) is 21.2 Å². The Labute approximate surface area is 207 Å². The lowest BCUT2D eigenvalue weighted by Crippen LogP contribution is -2.52. The zero-order valence-corrected chi connectivity index (χ0v) is 20.5. The number of carbonyl (C=O) groups excluding carboxylic acids is 1. The first-order valence-corrected chi connectivity index (χ1v) is 11.9. The third-order valence-electron chi connectivity index (χ3n) is 6.77. The van der Waals surface area contributed by atoms with Gasteiger partial charge in [-0.1, -0.05) is 43.6 Å². The molecule has 1 aromatic carbocycles. The fourth-order valence-corrected chi connectivity index (χ4v) is 5.21. The molecule has 0 radical (unpaired) electrons. The number of halogens is 1. The number of tetrazole rings is 1. The van der Waals surface area contributed by atoms with Crippen molar-refractivity contribution < 1.29 is 24.3 Å². The van der Waals surface area contributed by atoms with Gasteiger partial charge in [-0.05, 0) is 22.8 Å². The summed E-state index contributed by atoms with van der Waals surface area (Å²) in [5.74, 6) is 0.588. The number of fused-ring (bicyclic) bond motifs is 1. The SMILES string of the molecule is CC(C)(C)C(C(=O)O)n1nnc(C2CC(N3CCC4(CC3)CC(=O)c3c(Cl)cccc3O4)=NO2)n1. The van der Waals surface area contributed by atoms with Gasteiger partial charge >= 0.3 is 5.97 Å². The van der Waals surface area contributed by atoms with Crippen LogP contribution >= 0.6 is 11.6 Å². The molecule has 12 heteroatoms. The average molecular weight is 503 g/mol. The molecule has 2 atom stereocenters. The highest BCUT2D eigenvalue weighted by atomic mass is 35.5. The number of aliphatic carboxylic acids is 1. The maximum absolute atomic E-state index is 12.8. The van der Waals surface area contributed by atoms with Gasteiger partial charge in [0.05, 0.1) is 23.4 Å². The van der Waals surface area contributed by atoms with Gasteiger partial charge in [-0.15, -0.1) is 15.0 Å². The maximum Gasteiger partial charge on any atom is 0.331 e. The summed E-state index contributed by atoms with van der Waals surface area (Å²) >= 11 is 6.21. The van der Waals surface area contributed by atoms with Gasteiger partial charge in [0, 0.05) is 25.9 Å². The van der Waals surface area contributed by atoms with Crippen LogP contribution in [0.5, 0.6) is 5.75 Å². The van der Waals surface area contributed by atoms with E-state index in [0.29, 0.717) is 60.9 Å². The van der Waals surface area contributed by atoms with Crippen LogP contribution in [0, 0.1) is 5.41 Å². The van der Waals surface area contributed by atoms with Crippen LogP contribution in [0.1, 0.15) is 74.8 Å². The van der Waals surface area contributed by atoms with Crippen molar-refractivity contribution >= 4 is 29.2 Å². The van der Waals surface area contributed by atoms with Crippen molar-refractivity contribution in [2.75, 3.05) is 13.1 Å². The normalized spacial score (nSPS) is 22.3. The van der Waals surface area contributed by atoms with Crippen molar-refractivity contribution in [1.82, 2.24) is 25.1 Å². The number of hydrogen-bond donors (Lipinski definition) is 1. The Morgan fingerprint density at radius 1 is 1.29 bits per heavy atom. The molecule has 5 rings (SSSR count). The Bertz CT molecular complexity index is 1200. The third kappa shape index (κ3) is 4.33. The van der Waals surface area contributed by atoms with Crippen LogP contribution in [-0.2, 0) is 9.63 Å². The Kier molecular flexibility index (Phi) is 5.70. The second-order valence-corrected chi connectivity index (χ2v) is 10.8. The van der Waals surface area contributed by atoms with Gasteiger partial charge < -0.3 is 19.6 Å². The van der Waals surface area contributed by atoms with Crippen molar-refractivity contribution in [3.63, 3.8) is 0 Å². The average Bonchev–Trinajstić information content (AvgIpc) is 3.43. The molecule has 0 amide bonds. The highest BCUT2D eigenvalue weighted by molar-refractivity contribution is 6.34. The number of ether oxygens (including phenoxy) is 1. The number of carbonyl (C=O) groups is 2.